The van der Waals surface area contributed by atoms with Gasteiger partial charge in [0.15, 0.2) is 0 Å². The molecule has 1 unspecified atom stereocenters. The molecule has 0 saturated heterocycles. The summed E-state index contributed by atoms with van der Waals surface area (Å²) in [6.07, 6.45) is 2.67. The molecule has 0 spiro atoms. The number of carbonyl (C=O) groups is 1. The summed E-state index contributed by atoms with van der Waals surface area (Å²) in [5.41, 5.74) is 8.00. The lowest BCUT2D eigenvalue weighted by Gasteiger charge is -2.25. The first-order valence-electron chi connectivity index (χ1n) is 7.76. The number of amides is 1. The molecule has 0 aromatic carbocycles. The number of aromatic nitrogens is 2. The summed E-state index contributed by atoms with van der Waals surface area (Å²) in [4.78, 5) is 14.4. The third-order valence-electron chi connectivity index (χ3n) is 3.79. The lowest BCUT2D eigenvalue weighted by molar-refractivity contribution is -0.134. The van der Waals surface area contributed by atoms with E-state index in [0.29, 0.717) is 13.0 Å². The highest BCUT2D eigenvalue weighted by molar-refractivity contribution is 5.79. The van der Waals surface area contributed by atoms with Crippen LogP contribution in [0.3, 0.4) is 0 Å². The Morgan fingerprint density at radius 1 is 1.38 bits per heavy atom. The monoisotopic (exact) mass is 294 g/mol. The van der Waals surface area contributed by atoms with Gasteiger partial charge in [-0.2, -0.15) is 5.10 Å². The van der Waals surface area contributed by atoms with Gasteiger partial charge in [-0.3, -0.25) is 9.48 Å². The topological polar surface area (TPSA) is 64.2 Å². The van der Waals surface area contributed by atoms with Gasteiger partial charge in [0.25, 0.3) is 0 Å². The van der Waals surface area contributed by atoms with Gasteiger partial charge < -0.3 is 10.6 Å². The van der Waals surface area contributed by atoms with Gasteiger partial charge in [0.05, 0.1) is 11.6 Å². The van der Waals surface area contributed by atoms with Crippen molar-refractivity contribution in [2.45, 2.75) is 46.5 Å². The van der Waals surface area contributed by atoms with E-state index >= 15 is 0 Å². The molecule has 1 aromatic rings. The van der Waals surface area contributed by atoms with Gasteiger partial charge in [0, 0.05) is 38.3 Å². The Labute approximate surface area is 128 Å². The van der Waals surface area contributed by atoms with E-state index in [0.717, 1.165) is 24.3 Å². The fourth-order valence-corrected chi connectivity index (χ4v) is 2.65. The number of hydrogen-bond acceptors (Lipinski definition) is 3. The molecule has 2 N–H and O–H groups in total. The molecule has 21 heavy (non-hydrogen) atoms. The molecule has 1 rings (SSSR count). The lowest BCUT2D eigenvalue weighted by Crippen LogP contribution is -2.40. The molecule has 5 heteroatoms. The largest absolute Gasteiger partial charge is 0.343 e. The molecular weight excluding hydrogens is 264 g/mol. The van der Waals surface area contributed by atoms with Gasteiger partial charge in [0.2, 0.25) is 5.91 Å². The molecular formula is C16H30N4O. The minimum absolute atomic E-state index is 0.0337. The van der Waals surface area contributed by atoms with Crippen LogP contribution in [-0.4, -0.2) is 40.2 Å². The summed E-state index contributed by atoms with van der Waals surface area (Å²) in [6.45, 7) is 12.2. The number of hydrogen-bond donors (Lipinski definition) is 1. The molecule has 0 aliphatic carbocycles. The zero-order valence-corrected chi connectivity index (χ0v) is 14.3. The average Bonchev–Trinajstić information content (AvgIpc) is 2.78. The van der Waals surface area contributed by atoms with Crippen LogP contribution < -0.4 is 5.73 Å². The number of nitrogens with two attached hydrogens (primary N) is 1. The quantitative estimate of drug-likeness (QED) is 0.868. The van der Waals surface area contributed by atoms with Gasteiger partial charge in [-0.15, -0.1) is 0 Å². The van der Waals surface area contributed by atoms with E-state index in [1.807, 2.05) is 36.7 Å². The first-order chi connectivity index (χ1) is 9.74. The third-order valence-corrected chi connectivity index (χ3v) is 3.79. The zero-order valence-electron chi connectivity index (χ0n) is 14.3. The maximum Gasteiger partial charge on any atom is 0.227 e. The van der Waals surface area contributed by atoms with Crippen molar-refractivity contribution in [3.63, 3.8) is 0 Å². The first kappa shape index (κ1) is 17.7. The van der Waals surface area contributed by atoms with E-state index in [4.69, 9.17) is 5.73 Å². The molecule has 0 aliphatic rings. The van der Waals surface area contributed by atoms with Crippen LogP contribution in [0.25, 0.3) is 0 Å². The smallest absolute Gasteiger partial charge is 0.227 e. The van der Waals surface area contributed by atoms with Crippen molar-refractivity contribution >= 4 is 5.91 Å². The predicted octanol–water partition coefficient (Wildman–Crippen LogP) is 1.70. The summed E-state index contributed by atoms with van der Waals surface area (Å²) in [7, 11) is 1.92. The van der Waals surface area contributed by atoms with Gasteiger partial charge >= 0.3 is 0 Å². The Morgan fingerprint density at radius 2 is 1.95 bits per heavy atom. The van der Waals surface area contributed by atoms with E-state index < -0.39 is 0 Å². The van der Waals surface area contributed by atoms with Crippen LogP contribution in [0.5, 0.6) is 0 Å². The molecule has 0 bridgehead atoms. The van der Waals surface area contributed by atoms with Crippen LogP contribution in [0.15, 0.2) is 6.20 Å². The van der Waals surface area contributed by atoms with Crippen LogP contribution in [-0.2, 0) is 23.7 Å². The zero-order chi connectivity index (χ0) is 16.2. The second kappa shape index (κ2) is 7.07. The fraction of sp³-hybridized carbons (Fsp3) is 0.750. The molecule has 0 fully saturated rings. The molecule has 0 aliphatic heterocycles. The molecule has 1 atom stereocenters. The van der Waals surface area contributed by atoms with Gasteiger partial charge in [-0.05, 0) is 25.8 Å². The summed E-state index contributed by atoms with van der Waals surface area (Å²) < 4.78 is 1.82. The third kappa shape index (κ3) is 4.30. The van der Waals surface area contributed by atoms with Crippen molar-refractivity contribution in [1.82, 2.24) is 14.7 Å². The maximum absolute atomic E-state index is 12.5. The van der Waals surface area contributed by atoms with Gasteiger partial charge in [-0.1, -0.05) is 20.8 Å². The Balaban J connectivity index is 3.00. The molecule has 0 saturated carbocycles. The normalized spacial score (nSPS) is 13.3. The molecule has 5 nitrogen and oxygen atoms in total. The highest BCUT2D eigenvalue weighted by Gasteiger charge is 2.27. The molecule has 1 heterocycles. The first-order valence-corrected chi connectivity index (χ1v) is 7.76. The summed E-state index contributed by atoms with van der Waals surface area (Å²) >= 11 is 0. The fourth-order valence-electron chi connectivity index (χ4n) is 2.65. The Bertz CT molecular complexity index is 469. The van der Waals surface area contributed by atoms with Crippen molar-refractivity contribution in [2.24, 2.45) is 18.7 Å². The van der Waals surface area contributed by atoms with Crippen LogP contribution >= 0.6 is 0 Å². The van der Waals surface area contributed by atoms with Crippen LogP contribution in [0.2, 0.25) is 0 Å². The second-order valence-corrected chi connectivity index (χ2v) is 6.57. The highest BCUT2D eigenvalue weighted by atomic mass is 16.2. The number of carbonyl (C=O) groups excluding carboxylic acids is 1. The van der Waals surface area contributed by atoms with Gasteiger partial charge in [-0.25, -0.2) is 0 Å². The SMILES string of the molecule is CCN(CC)C(=O)C(CN)Cc1cn(C)nc1C(C)(C)C. The predicted molar refractivity (Wildman–Crippen MR) is 86.1 cm³/mol. The highest BCUT2D eigenvalue weighted by Crippen LogP contribution is 2.26. The van der Waals surface area contributed by atoms with E-state index in [1.54, 1.807) is 0 Å². The number of rotatable bonds is 6. The molecule has 1 aromatic heterocycles. The van der Waals surface area contributed by atoms with Gasteiger partial charge in [0.1, 0.15) is 0 Å². The second-order valence-electron chi connectivity index (χ2n) is 6.57. The van der Waals surface area contributed by atoms with Crippen molar-refractivity contribution in [1.29, 1.82) is 0 Å². The Morgan fingerprint density at radius 3 is 2.38 bits per heavy atom. The van der Waals surface area contributed by atoms with E-state index in [9.17, 15) is 4.79 Å². The van der Waals surface area contributed by atoms with Crippen LogP contribution in [0.4, 0.5) is 0 Å². The van der Waals surface area contributed by atoms with Crippen molar-refractivity contribution in [3.8, 4) is 0 Å². The summed E-state index contributed by atoms with van der Waals surface area (Å²) in [5.74, 6) is -0.0265. The standard InChI is InChI=1S/C16H30N4O/c1-7-20(8-2)15(21)12(10-17)9-13-11-19(6)18-14(13)16(3,4)5/h11-12H,7-10,17H2,1-6H3. The molecule has 120 valence electrons. The lowest BCUT2D eigenvalue weighted by atomic mass is 9.86. The van der Waals surface area contributed by atoms with Crippen molar-refractivity contribution < 1.29 is 4.79 Å². The summed E-state index contributed by atoms with van der Waals surface area (Å²) in [6, 6.07) is 0. The van der Waals surface area contributed by atoms with Crippen molar-refractivity contribution in [2.75, 3.05) is 19.6 Å². The summed E-state index contributed by atoms with van der Waals surface area (Å²) in [5, 5.41) is 4.56. The maximum atomic E-state index is 12.5. The molecule has 0 radical (unpaired) electrons. The van der Waals surface area contributed by atoms with E-state index in [2.05, 4.69) is 25.9 Å². The van der Waals surface area contributed by atoms with E-state index in [-0.39, 0.29) is 17.2 Å². The van der Waals surface area contributed by atoms with E-state index in [1.165, 1.54) is 0 Å². The molecule has 1 amide bonds. The van der Waals surface area contributed by atoms with Crippen molar-refractivity contribution in [3.05, 3.63) is 17.5 Å². The van der Waals surface area contributed by atoms with Crippen LogP contribution in [0.1, 0.15) is 45.9 Å². The Hall–Kier alpha value is -1.36. The number of nitrogens with zero attached hydrogens (tertiary/aromatic N) is 3. The Kier molecular flexibility index (Phi) is 5.96. The minimum Gasteiger partial charge on any atom is -0.343 e. The van der Waals surface area contributed by atoms with Crippen LogP contribution in [0, 0.1) is 5.92 Å². The average molecular weight is 294 g/mol. The minimum atomic E-state index is -0.171. The number of aryl methyl sites for hydroxylation is 1.